The van der Waals surface area contributed by atoms with Crippen molar-refractivity contribution in [3.05, 3.63) is 29.3 Å². The zero-order valence-corrected chi connectivity index (χ0v) is 15.4. The van der Waals surface area contributed by atoms with Gasteiger partial charge in [-0.1, -0.05) is 32.9 Å². The van der Waals surface area contributed by atoms with Gasteiger partial charge in [0.25, 0.3) is 0 Å². The van der Waals surface area contributed by atoms with Gasteiger partial charge in [0.05, 0.1) is 12.2 Å². The van der Waals surface area contributed by atoms with Crippen molar-refractivity contribution in [3.63, 3.8) is 0 Å². The molecule has 1 aliphatic rings. The van der Waals surface area contributed by atoms with Crippen LogP contribution in [-0.4, -0.2) is 41.8 Å². The van der Waals surface area contributed by atoms with Crippen LogP contribution in [0.2, 0.25) is 0 Å². The monoisotopic (exact) mass is 319 g/mol. The van der Waals surface area contributed by atoms with Gasteiger partial charge in [0.1, 0.15) is 5.75 Å². The molecule has 130 valence electrons. The summed E-state index contributed by atoms with van der Waals surface area (Å²) < 4.78 is 5.77. The van der Waals surface area contributed by atoms with Crippen LogP contribution in [0.5, 0.6) is 5.75 Å². The molecule has 3 heteroatoms. The maximum atomic E-state index is 10.3. The molecular weight excluding hydrogens is 286 g/mol. The van der Waals surface area contributed by atoms with Crippen molar-refractivity contribution in [1.29, 1.82) is 0 Å². The topological polar surface area (TPSA) is 32.7 Å². The Morgan fingerprint density at radius 1 is 1.22 bits per heavy atom. The first-order valence-corrected chi connectivity index (χ1v) is 9.02. The summed E-state index contributed by atoms with van der Waals surface area (Å²) in [5, 5.41) is 10.3. The second-order valence-electron chi connectivity index (χ2n) is 7.70. The summed E-state index contributed by atoms with van der Waals surface area (Å²) in [6, 6.07) is 6.24. The van der Waals surface area contributed by atoms with E-state index in [0.717, 1.165) is 44.5 Å². The average molecular weight is 319 g/mol. The number of nitrogens with zero attached hydrogens (tertiary/aromatic N) is 1. The zero-order valence-electron chi connectivity index (χ0n) is 15.4. The molecule has 3 nitrogen and oxygen atoms in total. The lowest BCUT2D eigenvalue weighted by Crippen LogP contribution is -2.45. The van der Waals surface area contributed by atoms with Crippen LogP contribution in [0.3, 0.4) is 0 Å². The van der Waals surface area contributed by atoms with Crippen molar-refractivity contribution < 1.29 is 9.84 Å². The van der Waals surface area contributed by atoms with Crippen LogP contribution in [0.1, 0.15) is 58.6 Å². The Balaban J connectivity index is 1.89. The van der Waals surface area contributed by atoms with Crippen LogP contribution >= 0.6 is 0 Å². The number of rotatable bonds is 6. The van der Waals surface area contributed by atoms with E-state index in [1.807, 2.05) is 6.07 Å². The molecule has 1 aromatic carbocycles. The molecule has 1 heterocycles. The highest BCUT2D eigenvalue weighted by Crippen LogP contribution is 2.31. The minimum absolute atomic E-state index is 0.121. The predicted octanol–water partition coefficient (Wildman–Crippen LogP) is 4.12. The molecule has 0 aliphatic carbocycles. The molecule has 1 fully saturated rings. The molecule has 1 aliphatic heterocycles. The van der Waals surface area contributed by atoms with Gasteiger partial charge in [0.2, 0.25) is 0 Å². The molecule has 2 rings (SSSR count). The van der Waals surface area contributed by atoms with Crippen molar-refractivity contribution in [2.45, 2.75) is 71.5 Å². The molecule has 2 atom stereocenters. The number of phenolic OH excluding ortho intramolecular Hbond substituents is 1. The number of hydrogen-bond acceptors (Lipinski definition) is 3. The average Bonchev–Trinajstić information content (AvgIpc) is 2.47. The molecule has 0 amide bonds. The fourth-order valence-electron chi connectivity index (χ4n) is 3.36. The van der Waals surface area contributed by atoms with Crippen molar-refractivity contribution in [3.8, 4) is 5.75 Å². The fraction of sp³-hybridized carbons (Fsp3) is 0.700. The van der Waals surface area contributed by atoms with E-state index >= 15 is 0 Å². The lowest BCUT2D eigenvalue weighted by molar-refractivity contribution is -0.0680. The quantitative estimate of drug-likeness (QED) is 0.856. The Morgan fingerprint density at radius 3 is 2.43 bits per heavy atom. The number of aromatic hydroxyl groups is 1. The van der Waals surface area contributed by atoms with Crippen molar-refractivity contribution >= 4 is 0 Å². The third kappa shape index (κ3) is 4.95. The number of morpholine rings is 1. The minimum atomic E-state index is 0.121. The SMILES string of the molecule is CCC(C)(C)c1ccc(CCCN2CC(C)OC(C)C2)c(O)c1. The number of aryl methyl sites for hydroxylation is 1. The first kappa shape index (κ1) is 18.3. The van der Waals surface area contributed by atoms with Gasteiger partial charge in [0.15, 0.2) is 0 Å². The van der Waals surface area contributed by atoms with Crippen molar-refractivity contribution in [2.75, 3.05) is 19.6 Å². The maximum absolute atomic E-state index is 10.3. The van der Waals surface area contributed by atoms with Gasteiger partial charge < -0.3 is 9.84 Å². The van der Waals surface area contributed by atoms with E-state index in [4.69, 9.17) is 4.74 Å². The minimum Gasteiger partial charge on any atom is -0.508 e. The van der Waals surface area contributed by atoms with Gasteiger partial charge in [-0.05, 0) is 62.3 Å². The predicted molar refractivity (Wildman–Crippen MR) is 96.2 cm³/mol. The first-order valence-electron chi connectivity index (χ1n) is 9.02. The third-order valence-corrected chi connectivity index (χ3v) is 5.17. The smallest absolute Gasteiger partial charge is 0.119 e. The van der Waals surface area contributed by atoms with E-state index in [-0.39, 0.29) is 5.41 Å². The largest absolute Gasteiger partial charge is 0.508 e. The number of benzene rings is 1. The Morgan fingerprint density at radius 2 is 1.87 bits per heavy atom. The van der Waals surface area contributed by atoms with Gasteiger partial charge in [-0.15, -0.1) is 0 Å². The molecule has 0 aromatic heterocycles. The lowest BCUT2D eigenvalue weighted by atomic mass is 9.81. The summed E-state index contributed by atoms with van der Waals surface area (Å²) in [6.07, 6.45) is 3.71. The van der Waals surface area contributed by atoms with Crippen LogP contribution in [-0.2, 0) is 16.6 Å². The Hall–Kier alpha value is -1.06. The molecule has 2 unspecified atom stereocenters. The van der Waals surface area contributed by atoms with Crippen LogP contribution in [0.15, 0.2) is 18.2 Å². The van der Waals surface area contributed by atoms with E-state index in [1.54, 1.807) is 0 Å². The van der Waals surface area contributed by atoms with Crippen LogP contribution < -0.4 is 0 Å². The zero-order chi connectivity index (χ0) is 17.0. The molecule has 0 spiro atoms. The Kier molecular flexibility index (Phi) is 6.10. The highest BCUT2D eigenvalue weighted by atomic mass is 16.5. The van der Waals surface area contributed by atoms with E-state index < -0.39 is 0 Å². The number of ether oxygens (including phenoxy) is 1. The molecule has 1 saturated heterocycles. The van der Waals surface area contributed by atoms with Gasteiger partial charge in [-0.25, -0.2) is 0 Å². The molecule has 0 saturated carbocycles. The molecule has 1 N–H and O–H groups in total. The summed E-state index contributed by atoms with van der Waals surface area (Å²) >= 11 is 0. The molecule has 23 heavy (non-hydrogen) atoms. The number of hydrogen-bond donors (Lipinski definition) is 1. The van der Waals surface area contributed by atoms with E-state index in [9.17, 15) is 5.11 Å². The van der Waals surface area contributed by atoms with Gasteiger partial charge in [0, 0.05) is 13.1 Å². The van der Waals surface area contributed by atoms with E-state index in [0.29, 0.717) is 18.0 Å². The molecular formula is C20H33NO2. The highest BCUT2D eigenvalue weighted by molar-refractivity contribution is 5.39. The fourth-order valence-corrected chi connectivity index (χ4v) is 3.36. The van der Waals surface area contributed by atoms with E-state index in [1.165, 1.54) is 5.56 Å². The summed E-state index contributed by atoms with van der Waals surface area (Å²) in [5.74, 6) is 0.452. The van der Waals surface area contributed by atoms with Crippen molar-refractivity contribution in [1.82, 2.24) is 4.90 Å². The maximum Gasteiger partial charge on any atom is 0.119 e. The lowest BCUT2D eigenvalue weighted by Gasteiger charge is -2.35. The van der Waals surface area contributed by atoms with E-state index in [2.05, 4.69) is 51.7 Å². The van der Waals surface area contributed by atoms with Crippen molar-refractivity contribution in [2.24, 2.45) is 0 Å². The third-order valence-electron chi connectivity index (χ3n) is 5.17. The number of phenols is 1. The standard InChI is InChI=1S/C20H33NO2/c1-6-20(4,5)18-10-9-17(19(22)12-18)8-7-11-21-13-15(2)23-16(3)14-21/h9-10,12,15-16,22H,6-8,11,13-14H2,1-5H3. The normalized spacial score (nSPS) is 23.2. The summed E-state index contributed by atoms with van der Waals surface area (Å²) in [4.78, 5) is 2.48. The second kappa shape index (κ2) is 7.67. The highest BCUT2D eigenvalue weighted by Gasteiger charge is 2.22. The van der Waals surface area contributed by atoms with Crippen LogP contribution in [0.4, 0.5) is 0 Å². The molecule has 0 radical (unpaired) electrons. The Labute approximate surface area is 141 Å². The Bertz CT molecular complexity index is 502. The second-order valence-corrected chi connectivity index (χ2v) is 7.70. The van der Waals surface area contributed by atoms with Gasteiger partial charge in [-0.3, -0.25) is 4.90 Å². The van der Waals surface area contributed by atoms with Gasteiger partial charge >= 0.3 is 0 Å². The van der Waals surface area contributed by atoms with Crippen LogP contribution in [0.25, 0.3) is 0 Å². The molecule has 0 bridgehead atoms. The summed E-state index contributed by atoms with van der Waals surface area (Å²) in [7, 11) is 0. The summed E-state index contributed by atoms with van der Waals surface area (Å²) in [6.45, 7) is 14.0. The first-order chi connectivity index (χ1) is 10.8. The summed E-state index contributed by atoms with van der Waals surface area (Å²) in [5.41, 5.74) is 2.41. The van der Waals surface area contributed by atoms with Gasteiger partial charge in [-0.2, -0.15) is 0 Å². The molecule has 1 aromatic rings. The van der Waals surface area contributed by atoms with Crippen LogP contribution in [0, 0.1) is 0 Å².